The molecular formula is C13H19N3O3. The van der Waals surface area contributed by atoms with Crippen LogP contribution in [0.25, 0.3) is 0 Å². The average molecular weight is 265 g/mol. The molecule has 0 aliphatic carbocycles. The maximum absolute atomic E-state index is 12.3. The highest BCUT2D eigenvalue weighted by atomic mass is 16.5. The molecule has 0 saturated carbocycles. The molecule has 0 bridgehead atoms. The zero-order chi connectivity index (χ0) is 14.2. The Balaban J connectivity index is 2.26. The number of carbonyl (C=O) groups excluding carboxylic acids is 2. The second-order valence-corrected chi connectivity index (χ2v) is 4.91. The average Bonchev–Trinajstić information content (AvgIpc) is 2.70. The number of aryl methyl sites for hydroxylation is 2. The highest BCUT2D eigenvalue weighted by Crippen LogP contribution is 2.20. The van der Waals surface area contributed by atoms with Crippen molar-refractivity contribution in [3.8, 4) is 0 Å². The van der Waals surface area contributed by atoms with Gasteiger partial charge in [0.05, 0.1) is 12.2 Å². The largest absolute Gasteiger partial charge is 0.361 e. The molecular weight excluding hydrogens is 246 g/mol. The van der Waals surface area contributed by atoms with Crippen LogP contribution in [0.5, 0.6) is 0 Å². The molecule has 1 aliphatic heterocycles. The molecule has 2 atom stereocenters. The molecule has 1 aliphatic rings. The Bertz CT molecular complexity index is 490. The zero-order valence-electron chi connectivity index (χ0n) is 11.7. The van der Waals surface area contributed by atoms with Gasteiger partial charge in [-0.25, -0.2) is 0 Å². The van der Waals surface area contributed by atoms with Gasteiger partial charge in [-0.05, 0) is 27.2 Å². The predicted molar refractivity (Wildman–Crippen MR) is 68.2 cm³/mol. The number of nitrogens with zero attached hydrogens (tertiary/aromatic N) is 2. The smallest absolute Gasteiger partial charge is 0.246 e. The second kappa shape index (κ2) is 5.03. The molecule has 19 heavy (non-hydrogen) atoms. The van der Waals surface area contributed by atoms with Gasteiger partial charge in [0.25, 0.3) is 0 Å². The molecule has 6 nitrogen and oxygen atoms in total. The summed E-state index contributed by atoms with van der Waals surface area (Å²) in [4.78, 5) is 25.8. The van der Waals surface area contributed by atoms with Crippen LogP contribution >= 0.6 is 0 Å². The van der Waals surface area contributed by atoms with E-state index in [0.717, 1.165) is 11.3 Å². The number of rotatable bonds is 3. The minimum absolute atomic E-state index is 0.0467. The van der Waals surface area contributed by atoms with E-state index in [1.807, 2.05) is 20.8 Å². The van der Waals surface area contributed by atoms with Crippen LogP contribution in [-0.4, -0.2) is 34.0 Å². The van der Waals surface area contributed by atoms with Crippen LogP contribution in [0.4, 0.5) is 0 Å². The van der Waals surface area contributed by atoms with E-state index in [1.54, 1.807) is 11.8 Å². The molecule has 1 aromatic heterocycles. The summed E-state index contributed by atoms with van der Waals surface area (Å²) in [7, 11) is 0. The third-order valence-electron chi connectivity index (χ3n) is 3.66. The predicted octanol–water partition coefficient (Wildman–Crippen LogP) is 0.917. The molecule has 0 radical (unpaired) electrons. The summed E-state index contributed by atoms with van der Waals surface area (Å²) in [5, 5.41) is 6.61. The van der Waals surface area contributed by atoms with Crippen LogP contribution in [0.15, 0.2) is 4.52 Å². The van der Waals surface area contributed by atoms with E-state index in [4.69, 9.17) is 4.52 Å². The normalized spacial score (nSPS) is 23.7. The summed E-state index contributed by atoms with van der Waals surface area (Å²) < 4.78 is 5.10. The molecule has 2 unspecified atom stereocenters. The van der Waals surface area contributed by atoms with Gasteiger partial charge in [-0.2, -0.15) is 0 Å². The molecule has 1 fully saturated rings. The first-order chi connectivity index (χ1) is 8.95. The third-order valence-corrected chi connectivity index (χ3v) is 3.66. The first-order valence-corrected chi connectivity index (χ1v) is 6.48. The van der Waals surface area contributed by atoms with Gasteiger partial charge >= 0.3 is 0 Å². The van der Waals surface area contributed by atoms with Gasteiger partial charge in [0.15, 0.2) is 0 Å². The molecule has 0 spiro atoms. The number of piperazine rings is 1. The molecule has 2 heterocycles. The standard InChI is InChI=1S/C13H19N3O3/c1-5-11-13(18)16(8(3)12(17)14-11)6-10-7(2)15-19-9(10)4/h8,11H,5-6H2,1-4H3,(H,14,17). The quantitative estimate of drug-likeness (QED) is 0.881. The van der Waals surface area contributed by atoms with Gasteiger partial charge in [-0.1, -0.05) is 12.1 Å². The number of nitrogens with one attached hydrogen (secondary N) is 1. The van der Waals surface area contributed by atoms with Gasteiger partial charge < -0.3 is 14.7 Å². The molecule has 104 valence electrons. The fourth-order valence-electron chi connectivity index (χ4n) is 2.28. The van der Waals surface area contributed by atoms with Crippen molar-refractivity contribution >= 4 is 11.8 Å². The monoisotopic (exact) mass is 265 g/mol. The van der Waals surface area contributed by atoms with E-state index in [1.165, 1.54) is 0 Å². The van der Waals surface area contributed by atoms with E-state index < -0.39 is 12.1 Å². The van der Waals surface area contributed by atoms with Crippen LogP contribution < -0.4 is 5.32 Å². The summed E-state index contributed by atoms with van der Waals surface area (Å²) in [6.45, 7) is 7.63. The molecule has 1 N–H and O–H groups in total. The number of carbonyl (C=O) groups is 2. The Labute approximate surface area is 112 Å². The van der Waals surface area contributed by atoms with Crippen LogP contribution in [0.3, 0.4) is 0 Å². The number of amides is 2. The number of hydrogen-bond acceptors (Lipinski definition) is 4. The van der Waals surface area contributed by atoms with Crippen molar-refractivity contribution in [2.45, 2.75) is 52.7 Å². The SMILES string of the molecule is CCC1NC(=O)C(C)N(Cc2c(C)noc2C)C1=O. The van der Waals surface area contributed by atoms with E-state index in [9.17, 15) is 9.59 Å². The van der Waals surface area contributed by atoms with Gasteiger partial charge in [0.1, 0.15) is 17.8 Å². The lowest BCUT2D eigenvalue weighted by Gasteiger charge is -2.37. The first kappa shape index (κ1) is 13.6. The lowest BCUT2D eigenvalue weighted by molar-refractivity contribution is -0.149. The van der Waals surface area contributed by atoms with Gasteiger partial charge in [0.2, 0.25) is 11.8 Å². The lowest BCUT2D eigenvalue weighted by atomic mass is 10.0. The van der Waals surface area contributed by atoms with Crippen molar-refractivity contribution in [3.63, 3.8) is 0 Å². The summed E-state index contributed by atoms with van der Waals surface area (Å²) in [6, 6.07) is -0.895. The minimum Gasteiger partial charge on any atom is -0.361 e. The van der Waals surface area contributed by atoms with Crippen LogP contribution in [-0.2, 0) is 16.1 Å². The van der Waals surface area contributed by atoms with Crippen molar-refractivity contribution < 1.29 is 14.1 Å². The minimum atomic E-state index is -0.469. The van der Waals surface area contributed by atoms with Crippen molar-refractivity contribution in [3.05, 3.63) is 17.0 Å². The fraction of sp³-hybridized carbons (Fsp3) is 0.615. The summed E-state index contributed by atoms with van der Waals surface area (Å²) >= 11 is 0. The van der Waals surface area contributed by atoms with Crippen molar-refractivity contribution in [1.82, 2.24) is 15.4 Å². The summed E-state index contributed by atoms with van der Waals surface area (Å²) in [5.41, 5.74) is 1.64. The molecule has 2 amide bonds. The Morgan fingerprint density at radius 1 is 1.37 bits per heavy atom. The highest BCUT2D eigenvalue weighted by molar-refractivity contribution is 5.96. The van der Waals surface area contributed by atoms with Crippen molar-refractivity contribution in [2.24, 2.45) is 0 Å². The summed E-state index contributed by atoms with van der Waals surface area (Å²) in [6.07, 6.45) is 0.593. The first-order valence-electron chi connectivity index (χ1n) is 6.48. The highest BCUT2D eigenvalue weighted by Gasteiger charge is 2.37. The number of hydrogen-bond donors (Lipinski definition) is 1. The molecule has 6 heteroatoms. The Morgan fingerprint density at radius 2 is 2.05 bits per heavy atom. The topological polar surface area (TPSA) is 75.4 Å². The third kappa shape index (κ3) is 2.34. The second-order valence-electron chi connectivity index (χ2n) is 4.91. The zero-order valence-corrected chi connectivity index (χ0v) is 11.7. The van der Waals surface area contributed by atoms with Crippen LogP contribution in [0.2, 0.25) is 0 Å². The Kier molecular flexibility index (Phi) is 3.59. The van der Waals surface area contributed by atoms with Crippen molar-refractivity contribution in [2.75, 3.05) is 0 Å². The van der Waals surface area contributed by atoms with Gasteiger partial charge in [-0.15, -0.1) is 0 Å². The molecule has 2 rings (SSSR count). The van der Waals surface area contributed by atoms with Gasteiger partial charge in [-0.3, -0.25) is 9.59 Å². The lowest BCUT2D eigenvalue weighted by Crippen LogP contribution is -2.61. The van der Waals surface area contributed by atoms with E-state index in [2.05, 4.69) is 10.5 Å². The van der Waals surface area contributed by atoms with E-state index >= 15 is 0 Å². The molecule has 1 aromatic rings. The fourth-order valence-corrected chi connectivity index (χ4v) is 2.28. The van der Waals surface area contributed by atoms with Crippen LogP contribution in [0, 0.1) is 13.8 Å². The summed E-state index contributed by atoms with van der Waals surface area (Å²) in [5.74, 6) is 0.532. The Hall–Kier alpha value is -1.85. The van der Waals surface area contributed by atoms with Crippen molar-refractivity contribution in [1.29, 1.82) is 0 Å². The maximum atomic E-state index is 12.3. The maximum Gasteiger partial charge on any atom is 0.246 e. The van der Waals surface area contributed by atoms with Gasteiger partial charge in [0, 0.05) is 5.56 Å². The van der Waals surface area contributed by atoms with E-state index in [0.29, 0.717) is 18.7 Å². The van der Waals surface area contributed by atoms with Crippen LogP contribution in [0.1, 0.15) is 37.3 Å². The molecule has 1 saturated heterocycles. The Morgan fingerprint density at radius 3 is 2.58 bits per heavy atom. The molecule has 0 aromatic carbocycles. The number of aromatic nitrogens is 1. The van der Waals surface area contributed by atoms with E-state index in [-0.39, 0.29) is 11.8 Å².